The molecule has 0 aliphatic rings. The van der Waals surface area contributed by atoms with Crippen LogP contribution in [0.3, 0.4) is 0 Å². The van der Waals surface area contributed by atoms with E-state index in [-0.39, 0.29) is 0 Å². The van der Waals surface area contributed by atoms with Crippen LogP contribution < -0.4 is 4.74 Å². The van der Waals surface area contributed by atoms with Gasteiger partial charge in [-0.2, -0.15) is 0 Å². The Kier molecular flexibility index (Phi) is 4.10. The van der Waals surface area contributed by atoms with Gasteiger partial charge in [0.1, 0.15) is 17.3 Å². The highest BCUT2D eigenvalue weighted by Crippen LogP contribution is 2.31. The fourth-order valence-corrected chi connectivity index (χ4v) is 2.65. The molecule has 0 atom stereocenters. The number of ether oxygens (including phenoxy) is 1. The molecule has 2 aromatic carbocycles. The van der Waals surface area contributed by atoms with Crippen molar-refractivity contribution >= 4 is 0 Å². The van der Waals surface area contributed by atoms with E-state index in [0.29, 0.717) is 28.5 Å². The molecule has 128 valence electrons. The van der Waals surface area contributed by atoms with Gasteiger partial charge in [-0.15, -0.1) is 15.0 Å². The molecule has 0 N–H and O–H groups in total. The molecule has 7 heteroatoms. The fraction of sp³-hybridized carbons (Fsp3) is 0.0526. The molecule has 0 saturated carbocycles. The van der Waals surface area contributed by atoms with Crippen molar-refractivity contribution in [3.05, 3.63) is 72.7 Å². The third-order valence-electron chi connectivity index (χ3n) is 3.84. The van der Waals surface area contributed by atoms with Gasteiger partial charge in [-0.3, -0.25) is 4.98 Å². The highest BCUT2D eigenvalue weighted by molar-refractivity contribution is 5.72. The van der Waals surface area contributed by atoms with E-state index >= 15 is 0 Å². The lowest BCUT2D eigenvalue weighted by atomic mass is 10.0. The number of hydrogen-bond acceptors (Lipinski definition) is 5. The van der Waals surface area contributed by atoms with Crippen molar-refractivity contribution in [2.75, 3.05) is 7.11 Å². The first-order chi connectivity index (χ1) is 12.7. The van der Waals surface area contributed by atoms with Crippen molar-refractivity contribution < 1.29 is 9.13 Å². The van der Waals surface area contributed by atoms with E-state index in [2.05, 4.69) is 20.4 Å². The number of tetrazole rings is 1. The van der Waals surface area contributed by atoms with Gasteiger partial charge in [-0.1, -0.05) is 24.3 Å². The molecule has 0 spiro atoms. The van der Waals surface area contributed by atoms with Crippen LogP contribution in [0.25, 0.3) is 28.3 Å². The Morgan fingerprint density at radius 3 is 2.65 bits per heavy atom. The minimum Gasteiger partial charge on any atom is -0.496 e. The van der Waals surface area contributed by atoms with Crippen LogP contribution in [0.1, 0.15) is 0 Å². The van der Waals surface area contributed by atoms with Gasteiger partial charge in [0.2, 0.25) is 5.82 Å². The van der Waals surface area contributed by atoms with Gasteiger partial charge in [-0.05, 0) is 41.1 Å². The number of nitrogens with zero attached hydrogens (tertiary/aromatic N) is 5. The normalized spacial score (nSPS) is 10.7. The fourth-order valence-electron chi connectivity index (χ4n) is 2.65. The summed E-state index contributed by atoms with van der Waals surface area (Å²) in [6, 6.07) is 17.4. The third-order valence-corrected chi connectivity index (χ3v) is 3.84. The lowest BCUT2D eigenvalue weighted by Crippen LogP contribution is -2.01. The molecule has 2 aromatic heterocycles. The van der Waals surface area contributed by atoms with E-state index in [4.69, 9.17) is 4.74 Å². The van der Waals surface area contributed by atoms with Crippen molar-refractivity contribution in [1.29, 1.82) is 0 Å². The number of methoxy groups -OCH3 is 1. The standard InChI is InChI=1S/C19H14FN5O/c1-26-18-8-3-2-6-16(18)13-10-14(20)12-15(11-13)25-23-19(22-24-25)17-7-4-5-9-21-17/h2-12H,1H3. The van der Waals surface area contributed by atoms with E-state index in [0.717, 1.165) is 5.56 Å². The predicted octanol–water partition coefficient (Wildman–Crippen LogP) is 3.54. The van der Waals surface area contributed by atoms with Gasteiger partial charge in [0, 0.05) is 17.8 Å². The van der Waals surface area contributed by atoms with Gasteiger partial charge >= 0.3 is 0 Å². The predicted molar refractivity (Wildman–Crippen MR) is 94.3 cm³/mol. The molecule has 0 saturated heterocycles. The maximum atomic E-state index is 14.2. The first kappa shape index (κ1) is 15.9. The largest absolute Gasteiger partial charge is 0.496 e. The monoisotopic (exact) mass is 347 g/mol. The average Bonchev–Trinajstić information content (AvgIpc) is 3.18. The number of pyridine rings is 1. The Labute approximate surface area is 148 Å². The van der Waals surface area contributed by atoms with Crippen molar-refractivity contribution in [3.8, 4) is 34.1 Å². The highest BCUT2D eigenvalue weighted by Gasteiger charge is 2.12. The second-order valence-electron chi connectivity index (χ2n) is 5.52. The first-order valence-electron chi connectivity index (χ1n) is 7.90. The first-order valence-corrected chi connectivity index (χ1v) is 7.90. The summed E-state index contributed by atoms with van der Waals surface area (Å²) in [6.45, 7) is 0. The summed E-state index contributed by atoms with van der Waals surface area (Å²) in [5.74, 6) is 0.624. The van der Waals surface area contributed by atoms with Crippen LogP contribution in [-0.4, -0.2) is 32.3 Å². The maximum absolute atomic E-state index is 14.2. The molecule has 26 heavy (non-hydrogen) atoms. The summed E-state index contributed by atoms with van der Waals surface area (Å²) in [4.78, 5) is 5.48. The van der Waals surface area contributed by atoms with E-state index < -0.39 is 5.82 Å². The number of para-hydroxylation sites is 1. The van der Waals surface area contributed by atoms with E-state index in [1.165, 1.54) is 16.9 Å². The molecule has 0 amide bonds. The van der Waals surface area contributed by atoms with Crippen LogP contribution in [-0.2, 0) is 0 Å². The highest BCUT2D eigenvalue weighted by atomic mass is 19.1. The maximum Gasteiger partial charge on any atom is 0.223 e. The summed E-state index contributed by atoms with van der Waals surface area (Å²) in [6.07, 6.45) is 1.65. The number of rotatable bonds is 4. The number of hydrogen-bond donors (Lipinski definition) is 0. The van der Waals surface area contributed by atoms with Crippen LogP contribution in [0.5, 0.6) is 5.75 Å². The molecule has 0 aliphatic heterocycles. The third kappa shape index (κ3) is 3.02. The minimum atomic E-state index is -0.403. The molecule has 0 aliphatic carbocycles. The molecule has 0 radical (unpaired) electrons. The van der Waals surface area contributed by atoms with Crippen LogP contribution in [0.4, 0.5) is 4.39 Å². The zero-order chi connectivity index (χ0) is 17.9. The Morgan fingerprint density at radius 1 is 1.00 bits per heavy atom. The van der Waals surface area contributed by atoms with E-state index in [1.54, 1.807) is 31.5 Å². The van der Waals surface area contributed by atoms with Crippen molar-refractivity contribution in [2.45, 2.75) is 0 Å². The molecule has 4 rings (SSSR count). The van der Waals surface area contributed by atoms with Crippen LogP contribution in [0, 0.1) is 5.82 Å². The van der Waals surface area contributed by atoms with Gasteiger partial charge < -0.3 is 4.74 Å². The number of halogens is 1. The van der Waals surface area contributed by atoms with Gasteiger partial charge in [0.05, 0.1) is 12.8 Å². The summed E-state index contributed by atoms with van der Waals surface area (Å²) >= 11 is 0. The zero-order valence-corrected chi connectivity index (χ0v) is 13.9. The quantitative estimate of drug-likeness (QED) is 0.565. The van der Waals surface area contributed by atoms with Crippen molar-refractivity contribution in [1.82, 2.24) is 25.2 Å². The molecule has 0 fully saturated rings. The summed E-state index contributed by atoms with van der Waals surface area (Å²) in [5, 5.41) is 12.3. The van der Waals surface area contributed by atoms with Crippen LogP contribution in [0.15, 0.2) is 66.9 Å². The average molecular weight is 347 g/mol. The van der Waals surface area contributed by atoms with Crippen molar-refractivity contribution in [3.63, 3.8) is 0 Å². The molecule has 0 unspecified atom stereocenters. The van der Waals surface area contributed by atoms with Crippen molar-refractivity contribution in [2.24, 2.45) is 0 Å². The van der Waals surface area contributed by atoms with Gasteiger partial charge in [-0.25, -0.2) is 4.39 Å². The van der Waals surface area contributed by atoms with Gasteiger partial charge in [0.25, 0.3) is 0 Å². The van der Waals surface area contributed by atoms with Crippen LogP contribution in [0.2, 0.25) is 0 Å². The summed E-state index contributed by atoms with van der Waals surface area (Å²) < 4.78 is 19.6. The lowest BCUT2D eigenvalue weighted by Gasteiger charge is -2.09. The Bertz CT molecular complexity index is 1050. The lowest BCUT2D eigenvalue weighted by molar-refractivity contribution is 0.416. The zero-order valence-electron chi connectivity index (χ0n) is 13.9. The number of benzene rings is 2. The molecule has 0 bridgehead atoms. The topological polar surface area (TPSA) is 65.7 Å². The Balaban J connectivity index is 1.77. The molecular formula is C19H14FN5O. The number of aromatic nitrogens is 5. The molecule has 2 heterocycles. The molecule has 4 aromatic rings. The summed E-state index contributed by atoms with van der Waals surface area (Å²) in [7, 11) is 1.58. The molecule has 6 nitrogen and oxygen atoms in total. The minimum absolute atomic E-state index is 0.369. The smallest absolute Gasteiger partial charge is 0.223 e. The Morgan fingerprint density at radius 2 is 1.85 bits per heavy atom. The van der Waals surface area contributed by atoms with E-state index in [1.807, 2.05) is 30.3 Å². The Hall–Kier alpha value is -3.61. The van der Waals surface area contributed by atoms with Gasteiger partial charge in [0.15, 0.2) is 0 Å². The molecular weight excluding hydrogens is 333 g/mol. The van der Waals surface area contributed by atoms with E-state index in [9.17, 15) is 4.39 Å². The van der Waals surface area contributed by atoms with Crippen LogP contribution >= 0.6 is 0 Å². The SMILES string of the molecule is COc1ccccc1-c1cc(F)cc(-n2nnc(-c3ccccn3)n2)c1. The second kappa shape index (κ2) is 6.72. The second-order valence-corrected chi connectivity index (χ2v) is 5.52. The summed E-state index contributed by atoms with van der Waals surface area (Å²) in [5.41, 5.74) is 2.50.